The van der Waals surface area contributed by atoms with Crippen LogP contribution >= 0.6 is 24.0 Å². The van der Waals surface area contributed by atoms with Crippen LogP contribution in [0.4, 0.5) is 0 Å². The van der Waals surface area contributed by atoms with Crippen LogP contribution in [0.15, 0.2) is 0 Å². The van der Waals surface area contributed by atoms with Crippen LogP contribution in [0.1, 0.15) is 33.6 Å². The maximum Gasteiger partial charge on any atom is 0.134 e. The molecule has 3 atom stereocenters. The molecular formula is C9H17NS2. The molecule has 3 heteroatoms. The van der Waals surface area contributed by atoms with Crippen molar-refractivity contribution in [3.8, 4) is 0 Å². The highest BCUT2D eigenvalue weighted by Crippen LogP contribution is 2.26. The van der Waals surface area contributed by atoms with Gasteiger partial charge in [-0.05, 0) is 12.3 Å². The molecule has 12 heavy (non-hydrogen) atoms. The quantitative estimate of drug-likeness (QED) is 0.693. The van der Waals surface area contributed by atoms with Crippen molar-refractivity contribution in [3.63, 3.8) is 0 Å². The van der Waals surface area contributed by atoms with Gasteiger partial charge in [0, 0.05) is 11.3 Å². The van der Waals surface area contributed by atoms with Gasteiger partial charge in [-0.1, -0.05) is 51.2 Å². The van der Waals surface area contributed by atoms with E-state index in [1.807, 2.05) is 0 Å². The summed E-state index contributed by atoms with van der Waals surface area (Å²) in [6.07, 6.45) is 2.48. The van der Waals surface area contributed by atoms with Crippen molar-refractivity contribution < 1.29 is 0 Å². The van der Waals surface area contributed by atoms with E-state index in [0.717, 1.165) is 10.2 Å². The van der Waals surface area contributed by atoms with Gasteiger partial charge in [0.05, 0.1) is 0 Å². The molecule has 1 aliphatic rings. The van der Waals surface area contributed by atoms with Crippen molar-refractivity contribution in [1.82, 2.24) is 5.32 Å². The van der Waals surface area contributed by atoms with Crippen LogP contribution in [0.25, 0.3) is 0 Å². The molecule has 0 aromatic rings. The molecular weight excluding hydrogens is 186 g/mol. The number of rotatable bonds is 2. The summed E-state index contributed by atoms with van der Waals surface area (Å²) in [6.45, 7) is 6.79. The van der Waals surface area contributed by atoms with E-state index < -0.39 is 0 Å². The summed E-state index contributed by atoms with van der Waals surface area (Å²) < 4.78 is 0.985. The summed E-state index contributed by atoms with van der Waals surface area (Å²) in [6, 6.07) is 0.610. The summed E-state index contributed by atoms with van der Waals surface area (Å²) >= 11 is 6.97. The zero-order valence-corrected chi connectivity index (χ0v) is 9.60. The molecule has 3 unspecified atom stereocenters. The maximum atomic E-state index is 5.18. The van der Waals surface area contributed by atoms with Gasteiger partial charge in [-0.2, -0.15) is 0 Å². The number of hydrogen-bond donors (Lipinski definition) is 1. The first-order valence-corrected chi connectivity index (χ1v) is 5.89. The summed E-state index contributed by atoms with van der Waals surface area (Å²) in [5.74, 6) is 0.742. The standard InChI is InChI=1S/C9H17NS2/c1-4-6(2)8-5-7(3)12-9(11)10-8/h6-8H,4-5H2,1-3H3,(H,10,11). The highest BCUT2D eigenvalue weighted by molar-refractivity contribution is 8.23. The van der Waals surface area contributed by atoms with Gasteiger partial charge in [-0.3, -0.25) is 0 Å². The zero-order valence-electron chi connectivity index (χ0n) is 7.96. The Balaban J connectivity index is 2.49. The Kier molecular flexibility index (Phi) is 3.84. The first-order chi connectivity index (χ1) is 5.63. The summed E-state index contributed by atoms with van der Waals surface area (Å²) in [7, 11) is 0. The highest BCUT2D eigenvalue weighted by Gasteiger charge is 2.25. The van der Waals surface area contributed by atoms with E-state index in [1.165, 1.54) is 12.8 Å². The lowest BCUT2D eigenvalue weighted by atomic mass is 9.95. The summed E-state index contributed by atoms with van der Waals surface area (Å²) in [5.41, 5.74) is 0. The molecule has 0 aromatic carbocycles. The Morgan fingerprint density at radius 2 is 2.42 bits per heavy atom. The van der Waals surface area contributed by atoms with Gasteiger partial charge in [-0.25, -0.2) is 0 Å². The summed E-state index contributed by atoms with van der Waals surface area (Å²) in [5, 5.41) is 4.08. The predicted octanol–water partition coefficient (Wildman–Crippen LogP) is 2.80. The van der Waals surface area contributed by atoms with Crippen LogP contribution in [0.3, 0.4) is 0 Å². The van der Waals surface area contributed by atoms with Gasteiger partial charge in [-0.15, -0.1) is 0 Å². The molecule has 1 fully saturated rings. The number of thiocarbonyl (C=S) groups is 1. The van der Waals surface area contributed by atoms with Crippen LogP contribution in [-0.2, 0) is 0 Å². The Labute approximate surface area is 84.7 Å². The lowest BCUT2D eigenvalue weighted by molar-refractivity contribution is 0.388. The third-order valence-electron chi connectivity index (χ3n) is 2.53. The fourth-order valence-electron chi connectivity index (χ4n) is 1.49. The van der Waals surface area contributed by atoms with E-state index >= 15 is 0 Å². The Morgan fingerprint density at radius 1 is 1.75 bits per heavy atom. The van der Waals surface area contributed by atoms with Gasteiger partial charge in [0.15, 0.2) is 0 Å². The number of thioether (sulfide) groups is 1. The van der Waals surface area contributed by atoms with Gasteiger partial charge >= 0.3 is 0 Å². The lowest BCUT2D eigenvalue weighted by Crippen LogP contribution is -2.43. The minimum absolute atomic E-state index is 0.610. The second-order valence-corrected chi connectivity index (χ2v) is 5.70. The average Bonchev–Trinajstić information content (AvgIpc) is 2.01. The van der Waals surface area contributed by atoms with Crippen LogP contribution < -0.4 is 5.32 Å². The molecule has 1 heterocycles. The monoisotopic (exact) mass is 203 g/mol. The second-order valence-electron chi connectivity index (χ2n) is 3.59. The minimum Gasteiger partial charge on any atom is -0.368 e. The third-order valence-corrected chi connectivity index (χ3v) is 3.86. The van der Waals surface area contributed by atoms with E-state index in [9.17, 15) is 0 Å². The Hall–Kier alpha value is 0.240. The largest absolute Gasteiger partial charge is 0.368 e. The van der Waals surface area contributed by atoms with Crippen molar-refractivity contribution >= 4 is 28.3 Å². The Bertz CT molecular complexity index is 170. The smallest absolute Gasteiger partial charge is 0.134 e. The Morgan fingerprint density at radius 3 is 2.92 bits per heavy atom. The van der Waals surface area contributed by atoms with E-state index in [-0.39, 0.29) is 0 Å². The van der Waals surface area contributed by atoms with E-state index in [2.05, 4.69) is 26.1 Å². The fraction of sp³-hybridized carbons (Fsp3) is 0.889. The second kappa shape index (κ2) is 4.47. The SMILES string of the molecule is CCC(C)C1CC(C)SC(=S)N1. The average molecular weight is 203 g/mol. The zero-order chi connectivity index (χ0) is 9.14. The van der Waals surface area contributed by atoms with Crippen LogP contribution in [0, 0.1) is 5.92 Å². The van der Waals surface area contributed by atoms with E-state index in [0.29, 0.717) is 11.3 Å². The molecule has 0 saturated carbocycles. The van der Waals surface area contributed by atoms with Crippen molar-refractivity contribution in [3.05, 3.63) is 0 Å². The molecule has 1 nitrogen and oxygen atoms in total. The summed E-state index contributed by atoms with van der Waals surface area (Å²) in [4.78, 5) is 0. The minimum atomic E-state index is 0.610. The molecule has 70 valence electrons. The molecule has 0 amide bonds. The third kappa shape index (κ3) is 2.63. The predicted molar refractivity (Wildman–Crippen MR) is 60.6 cm³/mol. The van der Waals surface area contributed by atoms with Crippen LogP contribution in [0.5, 0.6) is 0 Å². The highest BCUT2D eigenvalue weighted by atomic mass is 32.2. The molecule has 0 radical (unpaired) electrons. The molecule has 0 aliphatic carbocycles. The maximum absolute atomic E-state index is 5.18. The molecule has 0 bridgehead atoms. The number of hydrogen-bond acceptors (Lipinski definition) is 2. The first-order valence-electron chi connectivity index (χ1n) is 4.60. The molecule has 1 N–H and O–H groups in total. The van der Waals surface area contributed by atoms with Crippen molar-refractivity contribution in [2.75, 3.05) is 0 Å². The lowest BCUT2D eigenvalue weighted by Gasteiger charge is -2.32. The molecule has 0 aromatic heterocycles. The van der Waals surface area contributed by atoms with Crippen molar-refractivity contribution in [2.45, 2.75) is 44.9 Å². The van der Waals surface area contributed by atoms with Crippen LogP contribution in [-0.4, -0.2) is 15.6 Å². The van der Waals surface area contributed by atoms with Crippen molar-refractivity contribution in [1.29, 1.82) is 0 Å². The fourth-order valence-corrected chi connectivity index (χ4v) is 3.02. The normalized spacial score (nSPS) is 32.8. The first kappa shape index (κ1) is 10.3. The molecule has 1 aliphatic heterocycles. The molecule has 0 spiro atoms. The van der Waals surface area contributed by atoms with Gasteiger partial charge in [0.2, 0.25) is 0 Å². The topological polar surface area (TPSA) is 12.0 Å². The van der Waals surface area contributed by atoms with Gasteiger partial charge in [0.1, 0.15) is 4.32 Å². The molecule has 1 rings (SSSR count). The van der Waals surface area contributed by atoms with Gasteiger partial charge < -0.3 is 5.32 Å². The van der Waals surface area contributed by atoms with Gasteiger partial charge in [0.25, 0.3) is 0 Å². The molecule has 1 saturated heterocycles. The van der Waals surface area contributed by atoms with E-state index in [4.69, 9.17) is 12.2 Å². The van der Waals surface area contributed by atoms with Crippen LogP contribution in [0.2, 0.25) is 0 Å². The number of nitrogens with one attached hydrogen (secondary N) is 1. The van der Waals surface area contributed by atoms with E-state index in [1.54, 1.807) is 11.8 Å². The van der Waals surface area contributed by atoms with Crippen molar-refractivity contribution in [2.24, 2.45) is 5.92 Å².